The molecule has 2 nitrogen and oxygen atoms in total. The fourth-order valence-corrected chi connectivity index (χ4v) is 5.88. The quantitative estimate of drug-likeness (QED) is 0.157. The average molecular weight is 587 g/mol. The molecule has 2 aliphatic rings. The summed E-state index contributed by atoms with van der Waals surface area (Å²) in [5.41, 5.74) is -0.789. The first-order valence-electron chi connectivity index (χ1n) is 14.5. The Morgan fingerprint density at radius 1 is 0.756 bits per heavy atom. The number of rotatable bonds is 10. The second-order valence-corrected chi connectivity index (χ2v) is 11.3. The minimum Gasteiger partial charge on any atom is -0.493 e. The van der Waals surface area contributed by atoms with Gasteiger partial charge in [-0.3, -0.25) is 0 Å². The van der Waals surface area contributed by atoms with Crippen molar-refractivity contribution in [2.24, 2.45) is 17.8 Å². The van der Waals surface area contributed by atoms with E-state index in [9.17, 15) is 30.7 Å². The van der Waals surface area contributed by atoms with Gasteiger partial charge in [-0.05, 0) is 99.8 Å². The van der Waals surface area contributed by atoms with Gasteiger partial charge in [-0.15, -0.1) is 0 Å². The topological polar surface area (TPSA) is 18.5 Å². The van der Waals surface area contributed by atoms with Crippen LogP contribution >= 0.6 is 0 Å². The lowest BCUT2D eigenvalue weighted by Gasteiger charge is -2.33. The van der Waals surface area contributed by atoms with Gasteiger partial charge in [0.05, 0.1) is 18.1 Å². The lowest BCUT2D eigenvalue weighted by atomic mass is 9.77. The molecule has 0 aromatic heterocycles. The third-order valence-corrected chi connectivity index (χ3v) is 8.34. The summed E-state index contributed by atoms with van der Waals surface area (Å²) in [5.74, 6) is -1.98. The van der Waals surface area contributed by atoms with E-state index in [0.29, 0.717) is 32.3 Å². The van der Waals surface area contributed by atoms with E-state index in [1.807, 2.05) is 6.92 Å². The van der Waals surface area contributed by atoms with Gasteiger partial charge in [0.15, 0.2) is 0 Å². The van der Waals surface area contributed by atoms with Gasteiger partial charge in [-0.1, -0.05) is 25.5 Å². The van der Waals surface area contributed by atoms with Gasteiger partial charge in [0.2, 0.25) is 0 Å². The van der Waals surface area contributed by atoms with Gasteiger partial charge in [0.25, 0.3) is 0 Å². The van der Waals surface area contributed by atoms with E-state index in [1.165, 1.54) is 12.1 Å². The highest BCUT2D eigenvalue weighted by Crippen LogP contribution is 2.43. The van der Waals surface area contributed by atoms with Crippen LogP contribution in [0.1, 0.15) is 88.2 Å². The molecule has 0 heterocycles. The van der Waals surface area contributed by atoms with Crippen LogP contribution in [0.15, 0.2) is 48.6 Å². The molecule has 0 N–H and O–H groups in total. The van der Waals surface area contributed by atoms with E-state index in [2.05, 4.69) is 12.2 Å². The molecule has 2 fully saturated rings. The highest BCUT2D eigenvalue weighted by molar-refractivity contribution is 5.33. The third-order valence-electron chi connectivity index (χ3n) is 8.34. The Morgan fingerprint density at radius 3 is 1.80 bits per heavy atom. The van der Waals surface area contributed by atoms with Crippen LogP contribution in [0.4, 0.5) is 30.7 Å². The monoisotopic (exact) mass is 586 g/mol. The van der Waals surface area contributed by atoms with Gasteiger partial charge in [-0.25, -0.2) is 8.78 Å². The van der Waals surface area contributed by atoms with E-state index in [4.69, 9.17) is 9.47 Å². The number of ether oxygens (including phenoxy) is 2. The van der Waals surface area contributed by atoms with E-state index in [1.54, 1.807) is 0 Å². The molecular formula is C32H37F7O2. The third kappa shape index (κ3) is 8.41. The second kappa shape index (κ2) is 13.5. The summed E-state index contributed by atoms with van der Waals surface area (Å²) in [7, 11) is 0. The minimum atomic E-state index is -4.54. The summed E-state index contributed by atoms with van der Waals surface area (Å²) in [6.45, 7) is 2.44. The molecule has 2 aromatic carbocycles. The number of alkyl halides is 5. The standard InChI is InChI=1S/C32H37F7O2/c1-2-3-18-40-27-19-28(33)30(29(34)20-27)23-10-6-21(7-11-23)4-5-22-8-12-25(13-9-22)32(38,39)41-26-16-14-24(15-17-26)31(35,36)37/h4-5,14-17,19-23,25H,2-3,6-13,18H2,1H3/b5-4+. The van der Waals surface area contributed by atoms with Crippen LogP contribution in [0.2, 0.25) is 0 Å². The Morgan fingerprint density at radius 2 is 1.29 bits per heavy atom. The van der Waals surface area contributed by atoms with Crippen molar-refractivity contribution in [1.29, 1.82) is 0 Å². The second-order valence-electron chi connectivity index (χ2n) is 11.3. The molecule has 0 unspecified atom stereocenters. The summed E-state index contributed by atoms with van der Waals surface area (Å²) >= 11 is 0. The number of benzene rings is 2. The summed E-state index contributed by atoms with van der Waals surface area (Å²) in [6.07, 6.45) is 2.46. The van der Waals surface area contributed by atoms with Gasteiger partial charge in [0, 0.05) is 17.7 Å². The van der Waals surface area contributed by atoms with Crippen molar-refractivity contribution in [2.45, 2.75) is 89.3 Å². The molecule has 2 aromatic rings. The molecule has 2 saturated carbocycles. The maximum Gasteiger partial charge on any atom is 0.416 e. The first kappa shape index (κ1) is 31.2. The summed E-state index contributed by atoms with van der Waals surface area (Å²) < 4.78 is 107. The van der Waals surface area contributed by atoms with E-state index in [-0.39, 0.29) is 47.7 Å². The van der Waals surface area contributed by atoms with Crippen molar-refractivity contribution in [3.8, 4) is 11.5 Å². The van der Waals surface area contributed by atoms with Crippen molar-refractivity contribution in [3.05, 3.63) is 71.3 Å². The van der Waals surface area contributed by atoms with E-state index in [0.717, 1.165) is 49.9 Å². The highest BCUT2D eigenvalue weighted by Gasteiger charge is 2.44. The highest BCUT2D eigenvalue weighted by atomic mass is 19.4. The molecule has 0 aliphatic heterocycles. The minimum absolute atomic E-state index is 0.132. The maximum atomic E-state index is 14.8. The molecule has 9 heteroatoms. The Kier molecular flexibility index (Phi) is 10.3. The van der Waals surface area contributed by atoms with Gasteiger partial charge in [-0.2, -0.15) is 22.0 Å². The first-order valence-corrected chi connectivity index (χ1v) is 14.5. The molecule has 0 spiro atoms. The maximum absolute atomic E-state index is 14.8. The fourth-order valence-electron chi connectivity index (χ4n) is 5.88. The van der Waals surface area contributed by atoms with Gasteiger partial charge in [0.1, 0.15) is 23.1 Å². The number of unbranched alkanes of at least 4 members (excludes halogenated alkanes) is 1. The zero-order valence-electron chi connectivity index (χ0n) is 23.2. The molecule has 0 bridgehead atoms. The number of hydrogen-bond donors (Lipinski definition) is 0. The van der Waals surface area contributed by atoms with Crippen molar-refractivity contribution in [3.63, 3.8) is 0 Å². The van der Waals surface area contributed by atoms with Crippen LogP contribution in [0, 0.1) is 29.4 Å². The van der Waals surface area contributed by atoms with Crippen molar-refractivity contribution in [2.75, 3.05) is 6.61 Å². The lowest BCUT2D eigenvalue weighted by molar-refractivity contribution is -0.223. The lowest BCUT2D eigenvalue weighted by Crippen LogP contribution is -2.37. The van der Waals surface area contributed by atoms with Crippen molar-refractivity contribution >= 4 is 0 Å². The number of allylic oxidation sites excluding steroid dienone is 2. The fraction of sp³-hybridized carbons (Fsp3) is 0.562. The SMILES string of the molecule is CCCCOc1cc(F)c(C2CCC(/C=C/C3CCC(C(F)(F)Oc4ccc(C(F)(F)F)cc4)CC3)CC2)c(F)c1. The van der Waals surface area contributed by atoms with E-state index >= 15 is 0 Å². The van der Waals surface area contributed by atoms with Crippen LogP contribution in [0.3, 0.4) is 0 Å². The van der Waals surface area contributed by atoms with Crippen LogP contribution in [0.25, 0.3) is 0 Å². The van der Waals surface area contributed by atoms with Crippen LogP contribution in [-0.4, -0.2) is 12.7 Å². The largest absolute Gasteiger partial charge is 0.493 e. The molecule has 0 atom stereocenters. The van der Waals surface area contributed by atoms with Crippen molar-refractivity contribution in [1.82, 2.24) is 0 Å². The summed E-state index contributed by atoms with van der Waals surface area (Å²) in [6, 6.07) is 5.84. The van der Waals surface area contributed by atoms with Crippen molar-refractivity contribution < 1.29 is 40.2 Å². The summed E-state index contributed by atoms with van der Waals surface area (Å²) in [4.78, 5) is 0. The van der Waals surface area contributed by atoms with Crippen LogP contribution in [0.5, 0.6) is 11.5 Å². The molecule has 41 heavy (non-hydrogen) atoms. The molecule has 0 amide bonds. The van der Waals surface area contributed by atoms with E-state index < -0.39 is 35.4 Å². The molecule has 0 radical (unpaired) electrons. The van der Waals surface area contributed by atoms with Crippen LogP contribution < -0.4 is 9.47 Å². The Hall–Kier alpha value is -2.71. The first-order chi connectivity index (χ1) is 19.5. The molecule has 4 rings (SSSR count). The van der Waals surface area contributed by atoms with Crippen LogP contribution in [-0.2, 0) is 6.18 Å². The Bertz CT molecular complexity index is 1120. The zero-order chi connectivity index (χ0) is 29.6. The smallest absolute Gasteiger partial charge is 0.416 e. The van der Waals surface area contributed by atoms with Gasteiger partial charge < -0.3 is 9.47 Å². The number of halogens is 7. The Labute approximate surface area is 236 Å². The predicted octanol–water partition coefficient (Wildman–Crippen LogP) is 10.5. The average Bonchev–Trinajstić information content (AvgIpc) is 2.92. The Balaban J connectivity index is 1.23. The molecular weight excluding hydrogens is 549 g/mol. The normalized spacial score (nSPS) is 24.0. The number of hydrogen-bond acceptors (Lipinski definition) is 2. The molecule has 2 aliphatic carbocycles. The summed E-state index contributed by atoms with van der Waals surface area (Å²) in [5, 5.41) is 0. The predicted molar refractivity (Wildman–Crippen MR) is 143 cm³/mol. The zero-order valence-corrected chi connectivity index (χ0v) is 23.2. The van der Waals surface area contributed by atoms with Gasteiger partial charge >= 0.3 is 12.3 Å². The molecule has 0 saturated heterocycles. The molecule has 226 valence electrons.